The fraction of sp³-hybridized carbons (Fsp3) is 0.312. The maximum absolute atomic E-state index is 13.2. The van der Waals surface area contributed by atoms with Crippen molar-refractivity contribution in [2.75, 3.05) is 12.3 Å². The Morgan fingerprint density at radius 3 is 3.00 bits per heavy atom. The minimum Gasteiger partial charge on any atom is -0.375 e. The van der Waals surface area contributed by atoms with E-state index in [0.717, 1.165) is 16.2 Å². The molecule has 0 aliphatic heterocycles. The van der Waals surface area contributed by atoms with Gasteiger partial charge in [-0.1, -0.05) is 0 Å². The van der Waals surface area contributed by atoms with Crippen molar-refractivity contribution >= 4 is 33.4 Å². The monoisotopic (exact) mass is 347 g/mol. The third-order valence-corrected chi connectivity index (χ3v) is 4.66. The standard InChI is InChI=1S/C16H18FN5OS/c1-22-13-4-2-10(17)8-12(13)21-14(22)6-7-19-15(23)5-3-11-9-20-16(18)24-11/h2,4,8-9H,3,5-7H2,1H3,(H2,18,20)(H,19,23). The molecule has 0 aliphatic rings. The number of fused-ring (bicyclic) bond motifs is 1. The first kappa shape index (κ1) is 16.4. The molecule has 6 nitrogen and oxygen atoms in total. The van der Waals surface area contributed by atoms with E-state index in [1.165, 1.54) is 23.5 Å². The fourth-order valence-corrected chi connectivity index (χ4v) is 3.21. The van der Waals surface area contributed by atoms with Crippen LogP contribution in [0, 0.1) is 5.82 Å². The molecule has 0 fully saturated rings. The largest absolute Gasteiger partial charge is 0.375 e. The van der Waals surface area contributed by atoms with Crippen LogP contribution in [0.15, 0.2) is 24.4 Å². The second-order valence-corrected chi connectivity index (χ2v) is 6.63. The lowest BCUT2D eigenvalue weighted by Gasteiger charge is -2.05. The average Bonchev–Trinajstić information content (AvgIpc) is 3.09. The van der Waals surface area contributed by atoms with Crippen molar-refractivity contribution < 1.29 is 9.18 Å². The molecule has 2 heterocycles. The van der Waals surface area contributed by atoms with E-state index in [2.05, 4.69) is 15.3 Å². The molecule has 1 amide bonds. The maximum atomic E-state index is 13.2. The summed E-state index contributed by atoms with van der Waals surface area (Å²) >= 11 is 1.40. The fourth-order valence-electron chi connectivity index (χ4n) is 2.52. The predicted molar refractivity (Wildman–Crippen MR) is 92.2 cm³/mol. The van der Waals surface area contributed by atoms with Gasteiger partial charge in [-0.15, -0.1) is 11.3 Å². The Morgan fingerprint density at radius 2 is 2.25 bits per heavy atom. The molecule has 0 spiro atoms. The summed E-state index contributed by atoms with van der Waals surface area (Å²) in [6.45, 7) is 0.489. The van der Waals surface area contributed by atoms with Crippen LogP contribution in [0.25, 0.3) is 11.0 Å². The number of hydrogen-bond acceptors (Lipinski definition) is 5. The number of nitrogen functional groups attached to an aromatic ring is 1. The van der Waals surface area contributed by atoms with Gasteiger partial charge in [-0.05, 0) is 18.6 Å². The smallest absolute Gasteiger partial charge is 0.220 e. The van der Waals surface area contributed by atoms with E-state index in [0.29, 0.717) is 36.5 Å². The molecule has 0 radical (unpaired) electrons. The number of imidazole rings is 1. The number of rotatable bonds is 6. The number of nitrogens with one attached hydrogen (secondary N) is 1. The molecule has 0 unspecified atom stereocenters. The highest BCUT2D eigenvalue weighted by Crippen LogP contribution is 2.17. The van der Waals surface area contributed by atoms with E-state index in [-0.39, 0.29) is 11.7 Å². The molecular weight excluding hydrogens is 329 g/mol. The zero-order chi connectivity index (χ0) is 17.1. The van der Waals surface area contributed by atoms with Gasteiger partial charge >= 0.3 is 0 Å². The summed E-state index contributed by atoms with van der Waals surface area (Å²) in [7, 11) is 1.89. The zero-order valence-corrected chi connectivity index (χ0v) is 14.1. The lowest BCUT2D eigenvalue weighted by molar-refractivity contribution is -0.121. The molecule has 3 N–H and O–H groups in total. The lowest BCUT2D eigenvalue weighted by atomic mass is 10.2. The Balaban J connectivity index is 1.51. The van der Waals surface area contributed by atoms with Gasteiger partial charge in [0.2, 0.25) is 5.91 Å². The van der Waals surface area contributed by atoms with Crippen molar-refractivity contribution in [1.29, 1.82) is 0 Å². The first-order valence-corrected chi connectivity index (χ1v) is 8.42. The van der Waals surface area contributed by atoms with Crippen LogP contribution in [0.5, 0.6) is 0 Å². The number of benzene rings is 1. The van der Waals surface area contributed by atoms with Crippen LogP contribution in [0.4, 0.5) is 9.52 Å². The van der Waals surface area contributed by atoms with Gasteiger partial charge in [0.05, 0.1) is 11.0 Å². The van der Waals surface area contributed by atoms with E-state index < -0.39 is 0 Å². The molecular formula is C16H18FN5OS. The van der Waals surface area contributed by atoms with Gasteiger partial charge < -0.3 is 15.6 Å². The first-order valence-electron chi connectivity index (χ1n) is 7.60. The highest BCUT2D eigenvalue weighted by Gasteiger charge is 2.09. The van der Waals surface area contributed by atoms with Crippen molar-refractivity contribution in [3.05, 3.63) is 40.9 Å². The molecule has 24 heavy (non-hydrogen) atoms. The van der Waals surface area contributed by atoms with E-state index >= 15 is 0 Å². The maximum Gasteiger partial charge on any atom is 0.220 e. The number of halogens is 1. The minimum absolute atomic E-state index is 0.0215. The Kier molecular flexibility index (Phi) is 4.75. The average molecular weight is 347 g/mol. The van der Waals surface area contributed by atoms with Crippen molar-refractivity contribution in [1.82, 2.24) is 19.9 Å². The van der Waals surface area contributed by atoms with Crippen molar-refractivity contribution in [3.8, 4) is 0 Å². The van der Waals surface area contributed by atoms with Crippen molar-refractivity contribution in [3.63, 3.8) is 0 Å². The van der Waals surface area contributed by atoms with Gasteiger partial charge in [0.15, 0.2) is 5.13 Å². The topological polar surface area (TPSA) is 85.8 Å². The number of aryl methyl sites for hydroxylation is 2. The van der Waals surface area contributed by atoms with E-state index in [4.69, 9.17) is 5.73 Å². The van der Waals surface area contributed by atoms with Gasteiger partial charge in [0.25, 0.3) is 0 Å². The second kappa shape index (κ2) is 6.96. The van der Waals surface area contributed by atoms with Gasteiger partial charge in [0, 0.05) is 43.6 Å². The number of anilines is 1. The summed E-state index contributed by atoms with van der Waals surface area (Å²) in [6, 6.07) is 4.54. The Labute approximate surface area is 142 Å². The number of hydrogen-bond donors (Lipinski definition) is 2. The number of thiazole rings is 1. The van der Waals surface area contributed by atoms with Crippen LogP contribution in [-0.4, -0.2) is 27.0 Å². The Morgan fingerprint density at radius 1 is 1.42 bits per heavy atom. The summed E-state index contributed by atoms with van der Waals surface area (Å²) in [5.74, 6) is 0.488. The van der Waals surface area contributed by atoms with Gasteiger partial charge in [-0.2, -0.15) is 0 Å². The molecule has 0 bridgehead atoms. The number of amides is 1. The molecule has 3 rings (SSSR count). The summed E-state index contributed by atoms with van der Waals surface area (Å²) in [5.41, 5.74) is 7.06. The minimum atomic E-state index is -0.302. The van der Waals surface area contributed by atoms with E-state index in [9.17, 15) is 9.18 Å². The highest BCUT2D eigenvalue weighted by molar-refractivity contribution is 7.15. The number of nitrogens with zero attached hydrogens (tertiary/aromatic N) is 3. The van der Waals surface area contributed by atoms with Gasteiger partial charge in [-0.25, -0.2) is 14.4 Å². The van der Waals surface area contributed by atoms with Crippen LogP contribution in [0.2, 0.25) is 0 Å². The molecule has 8 heteroatoms. The number of carbonyl (C=O) groups is 1. The van der Waals surface area contributed by atoms with Crippen molar-refractivity contribution in [2.24, 2.45) is 7.05 Å². The van der Waals surface area contributed by atoms with Crippen LogP contribution in [0.1, 0.15) is 17.1 Å². The lowest BCUT2D eigenvalue weighted by Crippen LogP contribution is -2.26. The SMILES string of the molecule is Cn1c(CCNC(=O)CCc2cnc(N)s2)nc2cc(F)ccc21. The van der Waals surface area contributed by atoms with Crippen LogP contribution < -0.4 is 11.1 Å². The van der Waals surface area contributed by atoms with Crippen LogP contribution >= 0.6 is 11.3 Å². The molecule has 1 aromatic carbocycles. The second-order valence-electron chi connectivity index (χ2n) is 5.48. The van der Waals surface area contributed by atoms with Crippen LogP contribution in [0.3, 0.4) is 0 Å². The summed E-state index contributed by atoms with van der Waals surface area (Å²) < 4.78 is 15.2. The molecule has 0 saturated carbocycles. The molecule has 0 saturated heterocycles. The van der Waals surface area contributed by atoms with E-state index in [1.807, 2.05) is 11.6 Å². The predicted octanol–water partition coefficient (Wildman–Crippen LogP) is 2.04. The number of nitrogens with two attached hydrogens (primary N) is 1. The quantitative estimate of drug-likeness (QED) is 0.714. The summed E-state index contributed by atoms with van der Waals surface area (Å²) in [6.07, 6.45) is 3.32. The normalized spacial score (nSPS) is 11.1. The molecule has 126 valence electrons. The van der Waals surface area contributed by atoms with Crippen LogP contribution in [-0.2, 0) is 24.7 Å². The summed E-state index contributed by atoms with van der Waals surface area (Å²) in [5, 5.41) is 3.40. The molecule has 0 aliphatic carbocycles. The number of carbonyl (C=O) groups excluding carboxylic acids is 1. The molecule has 0 atom stereocenters. The first-order chi connectivity index (χ1) is 11.5. The number of aromatic nitrogens is 3. The van der Waals surface area contributed by atoms with E-state index in [1.54, 1.807) is 12.3 Å². The van der Waals surface area contributed by atoms with Gasteiger partial charge in [-0.3, -0.25) is 4.79 Å². The Bertz CT molecular complexity index is 873. The summed E-state index contributed by atoms with van der Waals surface area (Å²) in [4.78, 5) is 21.3. The highest BCUT2D eigenvalue weighted by atomic mass is 32.1. The third-order valence-electron chi connectivity index (χ3n) is 3.78. The third kappa shape index (κ3) is 3.70. The zero-order valence-electron chi connectivity index (χ0n) is 13.3. The molecule has 2 aromatic heterocycles. The molecule has 3 aromatic rings. The van der Waals surface area contributed by atoms with Crippen molar-refractivity contribution in [2.45, 2.75) is 19.3 Å². The van der Waals surface area contributed by atoms with Gasteiger partial charge in [0.1, 0.15) is 11.6 Å². The Hall–Kier alpha value is -2.48.